The molecular weight excluding hydrogens is 366 g/mol. The zero-order chi connectivity index (χ0) is 20.4. The first-order chi connectivity index (χ1) is 14.1. The van der Waals surface area contributed by atoms with E-state index in [9.17, 15) is 4.79 Å². The van der Waals surface area contributed by atoms with Gasteiger partial charge in [0.2, 0.25) is 0 Å². The molecule has 1 amide bonds. The lowest BCUT2D eigenvalue weighted by molar-refractivity contribution is 0.102. The molecule has 0 fully saturated rings. The number of para-hydroxylation sites is 1. The second-order valence-electron chi connectivity index (χ2n) is 6.55. The average molecular weight is 387 g/mol. The number of benzene rings is 3. The van der Waals surface area contributed by atoms with Gasteiger partial charge in [0.05, 0.1) is 30.9 Å². The minimum absolute atomic E-state index is 0.234. The molecule has 4 aromatic rings. The summed E-state index contributed by atoms with van der Waals surface area (Å²) in [5, 5.41) is 2.89. The second-order valence-corrected chi connectivity index (χ2v) is 6.55. The van der Waals surface area contributed by atoms with Crippen molar-refractivity contribution in [1.82, 2.24) is 9.55 Å². The summed E-state index contributed by atoms with van der Waals surface area (Å²) in [4.78, 5) is 17.4. The van der Waals surface area contributed by atoms with Crippen LogP contribution in [0, 0.1) is 6.92 Å². The highest BCUT2D eigenvalue weighted by atomic mass is 16.5. The minimum Gasteiger partial charge on any atom is -0.497 e. The van der Waals surface area contributed by atoms with Gasteiger partial charge in [-0.05, 0) is 49.4 Å². The topological polar surface area (TPSA) is 65.4 Å². The zero-order valence-corrected chi connectivity index (χ0v) is 16.5. The average Bonchev–Trinajstić information content (AvgIpc) is 3.09. The molecule has 0 aliphatic heterocycles. The Hall–Kier alpha value is -3.80. The van der Waals surface area contributed by atoms with Crippen LogP contribution in [0.3, 0.4) is 0 Å². The molecular formula is C23H21N3O3. The molecule has 1 N–H and O–H groups in total. The van der Waals surface area contributed by atoms with Gasteiger partial charge in [0.15, 0.2) is 0 Å². The second kappa shape index (κ2) is 7.67. The first-order valence-corrected chi connectivity index (χ1v) is 9.18. The number of fused-ring (bicyclic) bond motifs is 1. The van der Waals surface area contributed by atoms with Gasteiger partial charge in [0, 0.05) is 17.3 Å². The zero-order valence-electron chi connectivity index (χ0n) is 16.5. The Morgan fingerprint density at radius 1 is 0.966 bits per heavy atom. The molecule has 146 valence electrons. The molecule has 0 bridgehead atoms. The summed E-state index contributed by atoms with van der Waals surface area (Å²) in [7, 11) is 3.13. The van der Waals surface area contributed by atoms with Crippen molar-refractivity contribution in [2.24, 2.45) is 0 Å². The van der Waals surface area contributed by atoms with E-state index in [-0.39, 0.29) is 5.91 Å². The van der Waals surface area contributed by atoms with Crippen molar-refractivity contribution in [2.75, 3.05) is 19.5 Å². The molecule has 0 radical (unpaired) electrons. The molecule has 1 aromatic heterocycles. The van der Waals surface area contributed by atoms with Gasteiger partial charge in [0.25, 0.3) is 5.91 Å². The van der Waals surface area contributed by atoms with Crippen LogP contribution in [0.4, 0.5) is 5.69 Å². The number of imidazole rings is 1. The molecule has 0 aliphatic carbocycles. The highest BCUT2D eigenvalue weighted by Gasteiger charge is 2.14. The summed E-state index contributed by atoms with van der Waals surface area (Å²) in [5.74, 6) is 1.81. The number of hydrogen-bond acceptors (Lipinski definition) is 4. The number of nitrogens with one attached hydrogen (secondary N) is 1. The fourth-order valence-corrected chi connectivity index (χ4v) is 3.34. The summed E-state index contributed by atoms with van der Waals surface area (Å²) in [5.41, 5.74) is 3.85. The summed E-state index contributed by atoms with van der Waals surface area (Å²) < 4.78 is 12.6. The molecule has 0 unspecified atom stereocenters. The highest BCUT2D eigenvalue weighted by molar-refractivity contribution is 6.06. The van der Waals surface area contributed by atoms with Crippen LogP contribution >= 0.6 is 0 Å². The van der Waals surface area contributed by atoms with Gasteiger partial charge in [-0.2, -0.15) is 0 Å². The number of rotatable bonds is 5. The Morgan fingerprint density at radius 2 is 1.76 bits per heavy atom. The van der Waals surface area contributed by atoms with Crippen LogP contribution < -0.4 is 14.8 Å². The number of methoxy groups -OCH3 is 2. The number of aromatic nitrogens is 2. The molecule has 0 saturated carbocycles. The van der Waals surface area contributed by atoms with Crippen LogP contribution in [0.15, 0.2) is 66.7 Å². The van der Waals surface area contributed by atoms with Crippen molar-refractivity contribution < 1.29 is 14.3 Å². The van der Waals surface area contributed by atoms with E-state index in [4.69, 9.17) is 9.47 Å². The molecule has 6 nitrogen and oxygen atoms in total. The first kappa shape index (κ1) is 18.6. The summed E-state index contributed by atoms with van der Waals surface area (Å²) in [6, 6.07) is 20.8. The number of aryl methyl sites for hydroxylation is 1. The van der Waals surface area contributed by atoms with Crippen LogP contribution in [-0.2, 0) is 0 Å². The third-order valence-electron chi connectivity index (χ3n) is 4.76. The maximum Gasteiger partial charge on any atom is 0.255 e. The fourth-order valence-electron chi connectivity index (χ4n) is 3.34. The number of hydrogen-bond donors (Lipinski definition) is 1. The summed E-state index contributed by atoms with van der Waals surface area (Å²) in [6.07, 6.45) is 0. The Kier molecular flexibility index (Phi) is 4.91. The van der Waals surface area contributed by atoms with Gasteiger partial charge in [-0.15, -0.1) is 0 Å². The van der Waals surface area contributed by atoms with Gasteiger partial charge in [-0.25, -0.2) is 4.98 Å². The lowest BCUT2D eigenvalue weighted by Crippen LogP contribution is -2.12. The molecule has 0 saturated heterocycles. The number of nitrogens with zero attached hydrogens (tertiary/aromatic N) is 2. The smallest absolute Gasteiger partial charge is 0.255 e. The predicted octanol–water partition coefficient (Wildman–Crippen LogP) is 4.60. The van der Waals surface area contributed by atoms with Gasteiger partial charge < -0.3 is 14.8 Å². The first-order valence-electron chi connectivity index (χ1n) is 9.18. The number of carbonyl (C=O) groups excluding carboxylic acids is 1. The van der Waals surface area contributed by atoms with E-state index in [2.05, 4.69) is 14.9 Å². The van der Waals surface area contributed by atoms with E-state index in [1.165, 1.54) is 0 Å². The van der Waals surface area contributed by atoms with Crippen LogP contribution in [0.25, 0.3) is 16.7 Å². The van der Waals surface area contributed by atoms with Gasteiger partial charge in [-0.3, -0.25) is 9.36 Å². The van der Waals surface area contributed by atoms with Crippen molar-refractivity contribution in [3.63, 3.8) is 0 Å². The molecule has 1 heterocycles. The third-order valence-corrected chi connectivity index (χ3v) is 4.76. The van der Waals surface area contributed by atoms with Crippen molar-refractivity contribution in [3.05, 3.63) is 78.1 Å². The summed E-state index contributed by atoms with van der Waals surface area (Å²) in [6.45, 7) is 1.95. The van der Waals surface area contributed by atoms with Crippen LogP contribution in [0.5, 0.6) is 11.5 Å². The number of ether oxygens (including phenoxy) is 2. The third kappa shape index (κ3) is 3.52. The fraction of sp³-hybridized carbons (Fsp3) is 0.130. The Bertz CT molecular complexity index is 1180. The largest absolute Gasteiger partial charge is 0.497 e. The van der Waals surface area contributed by atoms with E-state index in [0.717, 1.165) is 22.5 Å². The SMILES string of the molecule is COc1ccc(NC(=O)c2ccc3c(c2)nc(C)n3-c2ccccc2)c(OC)c1. The van der Waals surface area contributed by atoms with Crippen LogP contribution in [0.1, 0.15) is 16.2 Å². The highest BCUT2D eigenvalue weighted by Crippen LogP contribution is 2.30. The van der Waals surface area contributed by atoms with E-state index in [0.29, 0.717) is 22.7 Å². The number of anilines is 1. The maximum absolute atomic E-state index is 12.8. The monoisotopic (exact) mass is 387 g/mol. The van der Waals surface area contributed by atoms with E-state index < -0.39 is 0 Å². The van der Waals surface area contributed by atoms with E-state index in [1.807, 2.05) is 43.3 Å². The van der Waals surface area contributed by atoms with Crippen molar-refractivity contribution in [3.8, 4) is 17.2 Å². The lowest BCUT2D eigenvalue weighted by atomic mass is 10.1. The predicted molar refractivity (Wildman–Crippen MR) is 113 cm³/mol. The van der Waals surface area contributed by atoms with Crippen LogP contribution in [0.2, 0.25) is 0 Å². The van der Waals surface area contributed by atoms with Crippen LogP contribution in [-0.4, -0.2) is 29.7 Å². The number of amides is 1. The van der Waals surface area contributed by atoms with Gasteiger partial charge >= 0.3 is 0 Å². The Morgan fingerprint density at radius 3 is 2.48 bits per heavy atom. The molecule has 0 atom stereocenters. The molecule has 6 heteroatoms. The normalized spacial score (nSPS) is 10.7. The standard InChI is InChI=1S/C23H21N3O3/c1-15-24-20-13-16(9-12-21(20)26(15)17-7-5-4-6-8-17)23(27)25-19-11-10-18(28-2)14-22(19)29-3/h4-14H,1-3H3,(H,25,27). The quantitative estimate of drug-likeness (QED) is 0.543. The lowest BCUT2D eigenvalue weighted by Gasteiger charge is -2.12. The Balaban J connectivity index is 1.66. The number of carbonyl (C=O) groups is 1. The summed E-state index contributed by atoms with van der Waals surface area (Å²) >= 11 is 0. The maximum atomic E-state index is 12.8. The molecule has 29 heavy (non-hydrogen) atoms. The van der Waals surface area contributed by atoms with Crippen molar-refractivity contribution >= 4 is 22.6 Å². The Labute approximate surface area is 168 Å². The van der Waals surface area contributed by atoms with Crippen molar-refractivity contribution in [1.29, 1.82) is 0 Å². The van der Waals surface area contributed by atoms with Gasteiger partial charge in [-0.1, -0.05) is 18.2 Å². The molecule has 0 spiro atoms. The molecule has 0 aliphatic rings. The molecule has 4 rings (SSSR count). The van der Waals surface area contributed by atoms with E-state index in [1.54, 1.807) is 44.6 Å². The van der Waals surface area contributed by atoms with Crippen molar-refractivity contribution in [2.45, 2.75) is 6.92 Å². The minimum atomic E-state index is -0.234. The molecule has 3 aromatic carbocycles. The van der Waals surface area contributed by atoms with Gasteiger partial charge in [0.1, 0.15) is 17.3 Å². The van der Waals surface area contributed by atoms with E-state index >= 15 is 0 Å².